The number of ether oxygens (including phenoxy) is 1. The lowest BCUT2D eigenvalue weighted by atomic mass is 9.92. The Morgan fingerprint density at radius 1 is 0.960 bits per heavy atom. The highest BCUT2D eigenvalue weighted by Crippen LogP contribution is 2.24. The zero-order valence-corrected chi connectivity index (χ0v) is 16.2. The van der Waals surface area contributed by atoms with E-state index in [9.17, 15) is 9.59 Å². The fourth-order valence-electron chi connectivity index (χ4n) is 2.83. The number of hydrogen-bond donors (Lipinski definition) is 1. The summed E-state index contributed by atoms with van der Waals surface area (Å²) in [5.74, 6) is -1.17. The number of hydrogen-bond acceptors (Lipinski definition) is 3. The van der Waals surface area contributed by atoms with Crippen LogP contribution in [0.5, 0.6) is 0 Å². The maximum atomic E-state index is 11.7. The van der Waals surface area contributed by atoms with E-state index in [0.717, 1.165) is 38.2 Å². The first kappa shape index (κ1) is 23.4. The molecule has 1 amide bonds. The summed E-state index contributed by atoms with van der Waals surface area (Å²) < 4.78 is 5.26. The Bertz CT molecular complexity index is 417. The first-order valence-electron chi connectivity index (χ1n) is 9.82. The van der Waals surface area contributed by atoms with Crippen molar-refractivity contribution >= 4 is 11.9 Å². The molecule has 1 unspecified atom stereocenters. The number of nitrogens with two attached hydrogens (primary N) is 1. The minimum atomic E-state index is -1.19. The van der Waals surface area contributed by atoms with E-state index in [-0.39, 0.29) is 0 Å². The van der Waals surface area contributed by atoms with Crippen molar-refractivity contribution in [3.05, 3.63) is 24.8 Å². The van der Waals surface area contributed by atoms with Crippen molar-refractivity contribution in [3.8, 4) is 0 Å². The number of amides is 1. The molecule has 1 atom stereocenters. The van der Waals surface area contributed by atoms with Gasteiger partial charge in [-0.2, -0.15) is 0 Å². The number of esters is 1. The van der Waals surface area contributed by atoms with Gasteiger partial charge in [-0.15, -0.1) is 0 Å². The summed E-state index contributed by atoms with van der Waals surface area (Å²) in [6.07, 6.45) is 18.1. The van der Waals surface area contributed by atoms with Crippen LogP contribution in [0.1, 0.15) is 90.9 Å². The predicted octanol–water partition coefficient (Wildman–Crippen LogP) is 5.22. The molecule has 0 aromatic heterocycles. The molecule has 0 saturated heterocycles. The molecule has 0 saturated carbocycles. The summed E-state index contributed by atoms with van der Waals surface area (Å²) in [5.41, 5.74) is 4.27. The summed E-state index contributed by atoms with van der Waals surface area (Å²) in [6, 6.07) is 0. The van der Waals surface area contributed by atoms with Gasteiger partial charge in [-0.3, -0.25) is 4.79 Å². The van der Waals surface area contributed by atoms with Crippen LogP contribution in [-0.4, -0.2) is 17.5 Å². The van der Waals surface area contributed by atoms with Crippen LogP contribution in [0.2, 0.25) is 0 Å². The fraction of sp³-hybridized carbons (Fsp3) is 0.714. The number of primary amides is 1. The monoisotopic (exact) mass is 351 g/mol. The number of rotatable bonds is 16. The Balaban J connectivity index is 3.92. The summed E-state index contributed by atoms with van der Waals surface area (Å²) in [4.78, 5) is 23.2. The molecule has 0 heterocycles. The summed E-state index contributed by atoms with van der Waals surface area (Å²) in [6.45, 7) is 7.41. The quantitative estimate of drug-likeness (QED) is 0.179. The lowest BCUT2D eigenvalue weighted by molar-refractivity contribution is -0.164. The molecule has 0 aliphatic heterocycles. The van der Waals surface area contributed by atoms with E-state index in [0.29, 0.717) is 12.8 Å². The van der Waals surface area contributed by atoms with Crippen molar-refractivity contribution in [2.45, 2.75) is 96.5 Å². The Labute approximate surface area is 153 Å². The Kier molecular flexibility index (Phi) is 13.8. The summed E-state index contributed by atoms with van der Waals surface area (Å²) in [7, 11) is 0. The molecule has 0 radical (unpaired) electrons. The van der Waals surface area contributed by atoms with E-state index in [4.69, 9.17) is 10.5 Å². The minimum Gasteiger partial charge on any atom is -0.446 e. The van der Waals surface area contributed by atoms with Crippen LogP contribution in [-0.2, 0) is 14.3 Å². The molecular weight excluding hydrogens is 314 g/mol. The molecule has 144 valence electrons. The van der Waals surface area contributed by atoms with Gasteiger partial charge in [0.2, 0.25) is 0 Å². The van der Waals surface area contributed by atoms with E-state index >= 15 is 0 Å². The number of carbonyl (C=O) groups excluding carboxylic acids is 2. The van der Waals surface area contributed by atoms with Gasteiger partial charge >= 0.3 is 5.97 Å². The first-order valence-corrected chi connectivity index (χ1v) is 9.82. The van der Waals surface area contributed by atoms with Gasteiger partial charge in [0, 0.05) is 6.08 Å². The molecule has 4 nitrogen and oxygen atoms in total. The summed E-state index contributed by atoms with van der Waals surface area (Å²) >= 11 is 0. The number of unbranched alkanes of at least 4 members (excludes halogenated alkanes) is 8. The second-order valence-corrected chi connectivity index (χ2v) is 6.61. The van der Waals surface area contributed by atoms with Crippen molar-refractivity contribution in [2.24, 2.45) is 5.73 Å². The third kappa shape index (κ3) is 10.8. The second kappa shape index (κ2) is 14.7. The van der Waals surface area contributed by atoms with Gasteiger partial charge in [-0.25, -0.2) is 4.79 Å². The van der Waals surface area contributed by atoms with E-state index in [1.54, 1.807) is 0 Å². The normalized spacial score (nSPS) is 13.5. The maximum Gasteiger partial charge on any atom is 0.331 e. The molecule has 0 aromatic carbocycles. The lowest BCUT2D eigenvalue weighted by Crippen LogP contribution is -2.47. The molecule has 0 rings (SSSR count). The van der Waals surface area contributed by atoms with Crippen LogP contribution in [0, 0.1) is 0 Å². The van der Waals surface area contributed by atoms with Crippen LogP contribution >= 0.6 is 0 Å². The zero-order chi connectivity index (χ0) is 19.0. The standard InChI is InChI=1S/C21H37NO3/c1-4-7-8-9-10-11-12-13-14-15-16-17-18-21(6-3,20(22)24)25-19(23)5-2/h5,11-12H,2,4,6-10,13-18H2,1,3H3,(H2,22,24)/b12-11-. The largest absolute Gasteiger partial charge is 0.446 e. The van der Waals surface area contributed by atoms with Gasteiger partial charge in [0.05, 0.1) is 0 Å². The third-order valence-electron chi connectivity index (χ3n) is 4.58. The van der Waals surface area contributed by atoms with Crippen molar-refractivity contribution in [1.82, 2.24) is 0 Å². The zero-order valence-electron chi connectivity index (χ0n) is 16.2. The average molecular weight is 352 g/mol. The smallest absolute Gasteiger partial charge is 0.331 e. The van der Waals surface area contributed by atoms with Crippen molar-refractivity contribution in [2.75, 3.05) is 0 Å². The van der Waals surface area contributed by atoms with E-state index < -0.39 is 17.5 Å². The van der Waals surface area contributed by atoms with E-state index in [1.807, 2.05) is 6.92 Å². The van der Waals surface area contributed by atoms with E-state index in [1.165, 1.54) is 32.1 Å². The molecule has 25 heavy (non-hydrogen) atoms. The molecule has 0 aromatic rings. The van der Waals surface area contributed by atoms with Crippen LogP contribution in [0.25, 0.3) is 0 Å². The van der Waals surface area contributed by atoms with Crippen LogP contribution in [0.4, 0.5) is 0 Å². The van der Waals surface area contributed by atoms with Crippen LogP contribution < -0.4 is 5.73 Å². The van der Waals surface area contributed by atoms with Gasteiger partial charge in [-0.05, 0) is 44.9 Å². The van der Waals surface area contributed by atoms with Crippen molar-refractivity contribution in [1.29, 1.82) is 0 Å². The van der Waals surface area contributed by atoms with Gasteiger partial charge in [-0.1, -0.05) is 64.7 Å². The molecule has 4 heteroatoms. The molecular formula is C21H37NO3. The number of carbonyl (C=O) groups is 2. The topological polar surface area (TPSA) is 69.4 Å². The number of allylic oxidation sites excluding steroid dienone is 2. The molecule has 0 aliphatic rings. The molecule has 2 N–H and O–H groups in total. The van der Waals surface area contributed by atoms with Crippen molar-refractivity contribution < 1.29 is 14.3 Å². The Morgan fingerprint density at radius 3 is 2.00 bits per heavy atom. The van der Waals surface area contributed by atoms with Gasteiger partial charge in [0.15, 0.2) is 5.60 Å². The Morgan fingerprint density at radius 2 is 1.52 bits per heavy atom. The highest BCUT2D eigenvalue weighted by molar-refractivity contribution is 5.89. The van der Waals surface area contributed by atoms with E-state index in [2.05, 4.69) is 25.7 Å². The second-order valence-electron chi connectivity index (χ2n) is 6.61. The fourth-order valence-corrected chi connectivity index (χ4v) is 2.83. The van der Waals surface area contributed by atoms with Gasteiger partial charge in [0.25, 0.3) is 5.91 Å². The average Bonchev–Trinajstić information content (AvgIpc) is 2.61. The van der Waals surface area contributed by atoms with Crippen LogP contribution in [0.15, 0.2) is 24.8 Å². The molecule has 0 fully saturated rings. The minimum absolute atomic E-state index is 0.392. The van der Waals surface area contributed by atoms with Crippen LogP contribution in [0.3, 0.4) is 0 Å². The Hall–Kier alpha value is -1.58. The summed E-state index contributed by atoms with van der Waals surface area (Å²) in [5, 5.41) is 0. The van der Waals surface area contributed by atoms with Gasteiger partial charge in [0.1, 0.15) is 0 Å². The highest BCUT2D eigenvalue weighted by atomic mass is 16.6. The molecule has 0 aliphatic carbocycles. The van der Waals surface area contributed by atoms with Gasteiger partial charge < -0.3 is 10.5 Å². The molecule has 0 bridgehead atoms. The third-order valence-corrected chi connectivity index (χ3v) is 4.58. The first-order chi connectivity index (χ1) is 12.0. The molecule has 0 spiro atoms. The highest BCUT2D eigenvalue weighted by Gasteiger charge is 2.37. The predicted molar refractivity (Wildman–Crippen MR) is 104 cm³/mol. The lowest BCUT2D eigenvalue weighted by Gasteiger charge is -2.28. The SMILES string of the molecule is C=CC(=O)OC(CC)(CCCCCC/C=C\CCCCCC)C(N)=O. The van der Waals surface area contributed by atoms with Crippen molar-refractivity contribution in [3.63, 3.8) is 0 Å². The maximum absolute atomic E-state index is 11.7.